The molecule has 5 aromatic carbocycles. The van der Waals surface area contributed by atoms with Crippen molar-refractivity contribution in [3.8, 4) is 45.3 Å². The number of ether oxygens (including phenoxy) is 2. The molecule has 0 amide bonds. The number of hydrogen-bond acceptors (Lipinski definition) is 3. The van der Waals surface area contributed by atoms with Crippen molar-refractivity contribution in [1.82, 2.24) is 4.57 Å². The van der Waals surface area contributed by atoms with Gasteiger partial charge in [-0.3, -0.25) is 4.57 Å². The van der Waals surface area contributed by atoms with Crippen LogP contribution in [0.4, 0.5) is 5.69 Å². The standard InChI is InChI=1S/C33H22N2O2/c1-2-14-25-23(12-1)24-13-4-7-18-29(24)37-33-31(25)26-15-3-6-17-28(26)35(33)22-11-9-10-21(20-22)32-34-27-16-5-8-19-30(27)36-32/h1-20,32,34H. The van der Waals surface area contributed by atoms with Crippen molar-refractivity contribution in [3.05, 3.63) is 127 Å². The van der Waals surface area contributed by atoms with Crippen LogP contribution in [0.5, 0.6) is 17.4 Å². The molecule has 1 atom stereocenters. The summed E-state index contributed by atoms with van der Waals surface area (Å²) >= 11 is 0. The lowest BCUT2D eigenvalue weighted by Crippen LogP contribution is -2.10. The molecule has 0 aliphatic carbocycles. The zero-order valence-electron chi connectivity index (χ0n) is 19.9. The molecule has 0 spiro atoms. The Morgan fingerprint density at radius 2 is 1.35 bits per heavy atom. The second kappa shape index (κ2) is 7.77. The van der Waals surface area contributed by atoms with E-state index in [0.29, 0.717) is 0 Å². The minimum absolute atomic E-state index is 0.250. The van der Waals surface area contributed by atoms with Gasteiger partial charge in [-0.15, -0.1) is 0 Å². The fourth-order valence-electron chi connectivity index (χ4n) is 5.61. The van der Waals surface area contributed by atoms with Crippen LogP contribution in [-0.2, 0) is 0 Å². The molecular weight excluding hydrogens is 456 g/mol. The molecule has 1 unspecified atom stereocenters. The van der Waals surface area contributed by atoms with Crippen LogP contribution < -0.4 is 14.8 Å². The first kappa shape index (κ1) is 20.3. The van der Waals surface area contributed by atoms with Crippen molar-refractivity contribution < 1.29 is 9.47 Å². The minimum atomic E-state index is -0.250. The van der Waals surface area contributed by atoms with Gasteiger partial charge in [0, 0.05) is 22.2 Å². The van der Waals surface area contributed by atoms with E-state index in [9.17, 15) is 0 Å². The van der Waals surface area contributed by atoms with Gasteiger partial charge in [0.1, 0.15) is 11.5 Å². The summed E-state index contributed by atoms with van der Waals surface area (Å²) in [5.41, 5.74) is 8.73. The van der Waals surface area contributed by atoms with Crippen molar-refractivity contribution in [2.75, 3.05) is 5.32 Å². The third-order valence-corrected chi connectivity index (χ3v) is 7.26. The number of rotatable bonds is 2. The first-order chi connectivity index (χ1) is 18.3. The molecule has 1 aromatic heterocycles. The average molecular weight is 479 g/mol. The highest BCUT2D eigenvalue weighted by Gasteiger charge is 2.29. The molecular formula is C33H22N2O2. The molecule has 0 saturated heterocycles. The SMILES string of the molecule is c1cc(C2Nc3ccccc3O2)cc(-n2c3c(c4ccccc42)-c2ccccc2-c2ccccc2O3)c1. The molecule has 8 rings (SSSR count). The molecule has 3 heterocycles. The van der Waals surface area contributed by atoms with Gasteiger partial charge in [0.2, 0.25) is 5.88 Å². The number of benzene rings is 5. The van der Waals surface area contributed by atoms with Crippen LogP contribution in [-0.4, -0.2) is 4.57 Å². The number of aromatic nitrogens is 1. The Hall–Kier alpha value is -4.96. The molecule has 37 heavy (non-hydrogen) atoms. The van der Waals surface area contributed by atoms with E-state index in [1.165, 1.54) is 11.1 Å². The van der Waals surface area contributed by atoms with Crippen molar-refractivity contribution in [2.24, 2.45) is 0 Å². The molecule has 0 radical (unpaired) electrons. The number of nitrogens with zero attached hydrogens (tertiary/aromatic N) is 1. The van der Waals surface area contributed by atoms with Gasteiger partial charge < -0.3 is 14.8 Å². The lowest BCUT2D eigenvalue weighted by molar-refractivity contribution is 0.260. The van der Waals surface area contributed by atoms with Gasteiger partial charge in [0.15, 0.2) is 6.23 Å². The van der Waals surface area contributed by atoms with E-state index >= 15 is 0 Å². The highest BCUT2D eigenvalue weighted by atomic mass is 16.5. The zero-order chi connectivity index (χ0) is 24.3. The number of anilines is 1. The van der Waals surface area contributed by atoms with E-state index in [0.717, 1.165) is 56.3 Å². The lowest BCUT2D eigenvalue weighted by Gasteiger charge is -2.16. The lowest BCUT2D eigenvalue weighted by atomic mass is 9.94. The van der Waals surface area contributed by atoms with Gasteiger partial charge >= 0.3 is 0 Å². The average Bonchev–Trinajstić information content (AvgIpc) is 3.49. The first-order valence-corrected chi connectivity index (χ1v) is 12.5. The molecule has 4 nitrogen and oxygen atoms in total. The summed E-state index contributed by atoms with van der Waals surface area (Å²) in [7, 11) is 0. The molecule has 0 fully saturated rings. The van der Waals surface area contributed by atoms with E-state index in [1.54, 1.807) is 0 Å². The summed E-state index contributed by atoms with van der Waals surface area (Å²) < 4.78 is 15.2. The largest absolute Gasteiger partial charge is 0.464 e. The Balaban J connectivity index is 1.36. The predicted molar refractivity (Wildman–Crippen MR) is 148 cm³/mol. The summed E-state index contributed by atoms with van der Waals surface area (Å²) in [6.45, 7) is 0. The molecule has 1 N–H and O–H groups in total. The summed E-state index contributed by atoms with van der Waals surface area (Å²) in [4.78, 5) is 0. The van der Waals surface area contributed by atoms with Gasteiger partial charge in [-0.05, 0) is 47.5 Å². The predicted octanol–water partition coefficient (Wildman–Crippen LogP) is 8.57. The zero-order valence-corrected chi connectivity index (χ0v) is 19.9. The van der Waals surface area contributed by atoms with Gasteiger partial charge in [0.25, 0.3) is 0 Å². The van der Waals surface area contributed by atoms with Crippen LogP contribution in [0.1, 0.15) is 11.8 Å². The summed E-state index contributed by atoms with van der Waals surface area (Å²) in [5, 5.41) is 4.65. The van der Waals surface area contributed by atoms with Gasteiger partial charge in [-0.1, -0.05) is 84.9 Å². The fourth-order valence-corrected chi connectivity index (χ4v) is 5.61. The topological polar surface area (TPSA) is 35.4 Å². The molecule has 4 heteroatoms. The van der Waals surface area contributed by atoms with E-state index in [2.05, 4.69) is 94.8 Å². The number of para-hydroxylation sites is 4. The first-order valence-electron chi connectivity index (χ1n) is 12.5. The normalized spacial score (nSPS) is 14.9. The van der Waals surface area contributed by atoms with Crippen molar-refractivity contribution >= 4 is 16.6 Å². The van der Waals surface area contributed by atoms with E-state index in [1.807, 2.05) is 36.4 Å². The third-order valence-electron chi connectivity index (χ3n) is 7.26. The van der Waals surface area contributed by atoms with Crippen molar-refractivity contribution in [1.29, 1.82) is 0 Å². The maximum absolute atomic E-state index is 6.79. The van der Waals surface area contributed by atoms with E-state index in [-0.39, 0.29) is 6.23 Å². The highest BCUT2D eigenvalue weighted by molar-refractivity contribution is 6.05. The Labute approximate surface area is 214 Å². The van der Waals surface area contributed by atoms with Gasteiger partial charge in [-0.2, -0.15) is 0 Å². The summed E-state index contributed by atoms with van der Waals surface area (Å²) in [5.74, 6) is 2.54. The third kappa shape index (κ3) is 3.02. The van der Waals surface area contributed by atoms with Crippen LogP contribution in [0.2, 0.25) is 0 Å². The van der Waals surface area contributed by atoms with Crippen LogP contribution in [0.25, 0.3) is 38.8 Å². The number of fused-ring (bicyclic) bond motifs is 8. The van der Waals surface area contributed by atoms with Crippen molar-refractivity contribution in [3.63, 3.8) is 0 Å². The van der Waals surface area contributed by atoms with Crippen LogP contribution >= 0.6 is 0 Å². The molecule has 176 valence electrons. The van der Waals surface area contributed by atoms with Crippen LogP contribution in [0, 0.1) is 0 Å². The molecule has 2 aliphatic rings. The summed E-state index contributed by atoms with van der Waals surface area (Å²) in [6, 6.07) is 41.9. The van der Waals surface area contributed by atoms with Gasteiger partial charge in [0.05, 0.1) is 16.8 Å². The minimum Gasteiger partial charge on any atom is -0.464 e. The molecule has 0 saturated carbocycles. The Morgan fingerprint density at radius 1 is 0.622 bits per heavy atom. The van der Waals surface area contributed by atoms with E-state index in [4.69, 9.17) is 9.47 Å². The second-order valence-corrected chi connectivity index (χ2v) is 9.41. The molecule has 2 aliphatic heterocycles. The molecule has 0 bridgehead atoms. The Kier molecular flexibility index (Phi) is 4.25. The smallest absolute Gasteiger partial charge is 0.213 e. The van der Waals surface area contributed by atoms with Gasteiger partial charge in [-0.25, -0.2) is 0 Å². The van der Waals surface area contributed by atoms with Crippen LogP contribution in [0.15, 0.2) is 121 Å². The van der Waals surface area contributed by atoms with E-state index < -0.39 is 0 Å². The maximum atomic E-state index is 6.79. The Bertz CT molecular complexity index is 1810. The monoisotopic (exact) mass is 478 g/mol. The number of nitrogens with one attached hydrogen (secondary N) is 1. The number of hydrogen-bond donors (Lipinski definition) is 1. The second-order valence-electron chi connectivity index (χ2n) is 9.41. The Morgan fingerprint density at radius 3 is 2.24 bits per heavy atom. The van der Waals surface area contributed by atoms with Crippen molar-refractivity contribution in [2.45, 2.75) is 6.23 Å². The summed E-state index contributed by atoms with van der Waals surface area (Å²) in [6.07, 6.45) is -0.250. The quantitative estimate of drug-likeness (QED) is 0.270. The fraction of sp³-hybridized carbons (Fsp3) is 0.0303. The maximum Gasteiger partial charge on any atom is 0.213 e. The highest BCUT2D eigenvalue weighted by Crippen LogP contribution is 2.51. The van der Waals surface area contributed by atoms with Crippen LogP contribution in [0.3, 0.4) is 0 Å². The molecule has 6 aromatic rings.